The lowest BCUT2D eigenvalue weighted by atomic mass is 10.2. The standard InChI is InChI=1S/C15H17N3O4S2/c1-22-12-6-4-3-5-10(12)14(19)17-15-16-11-7-8-18(24(2,20)21)9-13(11)23-15/h3-6H,7-9H2,1-2H3,(H,16,17,19). The smallest absolute Gasteiger partial charge is 0.261 e. The van der Waals surface area contributed by atoms with Crippen LogP contribution in [0.15, 0.2) is 24.3 Å². The van der Waals surface area contributed by atoms with Crippen LogP contribution in [-0.4, -0.2) is 43.5 Å². The van der Waals surface area contributed by atoms with Gasteiger partial charge < -0.3 is 4.74 Å². The number of methoxy groups -OCH3 is 1. The predicted molar refractivity (Wildman–Crippen MR) is 92.0 cm³/mol. The highest BCUT2D eigenvalue weighted by molar-refractivity contribution is 7.88. The van der Waals surface area contributed by atoms with Crippen LogP contribution in [0.2, 0.25) is 0 Å². The third kappa shape index (κ3) is 3.42. The summed E-state index contributed by atoms with van der Waals surface area (Å²) in [6, 6.07) is 6.94. The van der Waals surface area contributed by atoms with Gasteiger partial charge in [0.2, 0.25) is 10.0 Å². The predicted octanol–water partition coefficient (Wildman–Crippen LogP) is 1.72. The molecule has 0 unspecified atom stereocenters. The van der Waals surface area contributed by atoms with Crippen LogP contribution in [-0.2, 0) is 23.0 Å². The maximum atomic E-state index is 12.4. The van der Waals surface area contributed by atoms with Gasteiger partial charge in [0.1, 0.15) is 5.75 Å². The molecule has 0 bridgehead atoms. The van der Waals surface area contributed by atoms with E-state index in [9.17, 15) is 13.2 Å². The van der Waals surface area contributed by atoms with E-state index in [0.717, 1.165) is 10.6 Å². The molecule has 128 valence electrons. The van der Waals surface area contributed by atoms with Crippen LogP contribution in [0.1, 0.15) is 20.9 Å². The van der Waals surface area contributed by atoms with E-state index in [1.165, 1.54) is 29.0 Å². The van der Waals surface area contributed by atoms with Gasteiger partial charge in [0, 0.05) is 24.4 Å². The quantitative estimate of drug-likeness (QED) is 0.889. The highest BCUT2D eigenvalue weighted by atomic mass is 32.2. The minimum Gasteiger partial charge on any atom is -0.496 e. The summed E-state index contributed by atoms with van der Waals surface area (Å²) >= 11 is 1.30. The Morgan fingerprint density at radius 3 is 2.83 bits per heavy atom. The van der Waals surface area contributed by atoms with Gasteiger partial charge in [-0.05, 0) is 12.1 Å². The van der Waals surface area contributed by atoms with Gasteiger partial charge in [-0.2, -0.15) is 4.31 Å². The number of ether oxygens (including phenoxy) is 1. The molecule has 0 radical (unpaired) electrons. The van der Waals surface area contributed by atoms with E-state index in [0.29, 0.717) is 36.0 Å². The molecule has 3 rings (SSSR count). The van der Waals surface area contributed by atoms with Crippen molar-refractivity contribution in [3.8, 4) is 5.75 Å². The van der Waals surface area contributed by atoms with E-state index in [-0.39, 0.29) is 5.91 Å². The Labute approximate surface area is 144 Å². The molecule has 9 heteroatoms. The molecule has 1 aromatic heterocycles. The molecule has 2 aromatic rings. The maximum absolute atomic E-state index is 12.4. The van der Waals surface area contributed by atoms with E-state index in [2.05, 4.69) is 10.3 Å². The third-order valence-corrected chi connectivity index (χ3v) is 5.98. The van der Waals surface area contributed by atoms with Gasteiger partial charge in [-0.15, -0.1) is 11.3 Å². The lowest BCUT2D eigenvalue weighted by molar-refractivity contribution is 0.102. The van der Waals surface area contributed by atoms with Crippen molar-refractivity contribution in [1.29, 1.82) is 0 Å². The van der Waals surface area contributed by atoms with Gasteiger partial charge in [0.05, 0.1) is 24.6 Å². The Morgan fingerprint density at radius 2 is 2.12 bits per heavy atom. The average molecular weight is 367 g/mol. The topological polar surface area (TPSA) is 88.6 Å². The van der Waals surface area contributed by atoms with Crippen molar-refractivity contribution < 1.29 is 17.9 Å². The van der Waals surface area contributed by atoms with E-state index in [1.54, 1.807) is 24.3 Å². The Morgan fingerprint density at radius 1 is 1.38 bits per heavy atom. The summed E-state index contributed by atoms with van der Waals surface area (Å²) < 4.78 is 29.9. The summed E-state index contributed by atoms with van der Waals surface area (Å²) in [4.78, 5) is 17.7. The minimum atomic E-state index is -3.23. The molecule has 2 heterocycles. The lowest BCUT2D eigenvalue weighted by Crippen LogP contribution is -2.34. The Hall–Kier alpha value is -1.97. The molecule has 0 saturated heterocycles. The molecule has 0 spiro atoms. The Bertz CT molecular complexity index is 877. The number of para-hydroxylation sites is 1. The summed E-state index contributed by atoms with van der Waals surface area (Å²) in [5.41, 5.74) is 1.26. The molecule has 1 aliphatic rings. The second-order valence-corrected chi connectivity index (χ2v) is 8.46. The zero-order chi connectivity index (χ0) is 17.3. The van der Waals surface area contributed by atoms with Crippen LogP contribution >= 0.6 is 11.3 Å². The van der Waals surface area contributed by atoms with Gasteiger partial charge in [-0.25, -0.2) is 13.4 Å². The average Bonchev–Trinajstić information content (AvgIpc) is 2.95. The number of fused-ring (bicyclic) bond motifs is 1. The number of thiazole rings is 1. The maximum Gasteiger partial charge on any atom is 0.261 e. The fourth-order valence-corrected chi connectivity index (χ4v) is 4.39. The van der Waals surface area contributed by atoms with Crippen molar-refractivity contribution >= 4 is 32.4 Å². The highest BCUT2D eigenvalue weighted by Crippen LogP contribution is 2.30. The normalized spacial score (nSPS) is 14.9. The van der Waals surface area contributed by atoms with Crippen molar-refractivity contribution in [2.75, 3.05) is 25.2 Å². The molecule has 0 atom stereocenters. The number of nitrogens with zero attached hydrogens (tertiary/aromatic N) is 2. The fraction of sp³-hybridized carbons (Fsp3) is 0.333. The molecular formula is C15H17N3O4S2. The molecule has 1 aromatic carbocycles. The van der Waals surface area contributed by atoms with Crippen LogP contribution in [0, 0.1) is 0 Å². The first-order chi connectivity index (χ1) is 11.4. The number of hydrogen-bond donors (Lipinski definition) is 1. The number of aromatic nitrogens is 1. The molecule has 1 amide bonds. The van der Waals surface area contributed by atoms with Gasteiger partial charge in [-0.1, -0.05) is 12.1 Å². The van der Waals surface area contributed by atoms with E-state index in [4.69, 9.17) is 4.74 Å². The highest BCUT2D eigenvalue weighted by Gasteiger charge is 2.26. The Balaban J connectivity index is 1.78. The SMILES string of the molecule is COc1ccccc1C(=O)Nc1nc2c(s1)CN(S(C)(=O)=O)CC2. The number of rotatable bonds is 4. The van der Waals surface area contributed by atoms with Crippen LogP contribution in [0.4, 0.5) is 5.13 Å². The van der Waals surface area contributed by atoms with E-state index < -0.39 is 10.0 Å². The first kappa shape index (κ1) is 16.9. The minimum absolute atomic E-state index is 0.302. The number of carbonyl (C=O) groups excluding carboxylic acids is 1. The number of anilines is 1. The van der Waals surface area contributed by atoms with Crippen molar-refractivity contribution in [3.05, 3.63) is 40.4 Å². The zero-order valence-electron chi connectivity index (χ0n) is 13.3. The first-order valence-electron chi connectivity index (χ1n) is 7.26. The van der Waals surface area contributed by atoms with Crippen molar-refractivity contribution in [2.45, 2.75) is 13.0 Å². The fourth-order valence-electron chi connectivity index (χ4n) is 2.51. The largest absolute Gasteiger partial charge is 0.496 e. The molecule has 24 heavy (non-hydrogen) atoms. The van der Waals surface area contributed by atoms with Gasteiger partial charge >= 0.3 is 0 Å². The monoisotopic (exact) mass is 367 g/mol. The zero-order valence-corrected chi connectivity index (χ0v) is 14.9. The van der Waals surface area contributed by atoms with Gasteiger partial charge in [-0.3, -0.25) is 10.1 Å². The number of sulfonamides is 1. The van der Waals surface area contributed by atoms with Crippen LogP contribution in [0.3, 0.4) is 0 Å². The second kappa shape index (κ2) is 6.50. The molecule has 0 fully saturated rings. The van der Waals surface area contributed by atoms with Crippen molar-refractivity contribution in [3.63, 3.8) is 0 Å². The van der Waals surface area contributed by atoms with Crippen molar-refractivity contribution in [1.82, 2.24) is 9.29 Å². The lowest BCUT2D eigenvalue weighted by Gasteiger charge is -2.23. The van der Waals surface area contributed by atoms with Crippen LogP contribution in [0.5, 0.6) is 5.75 Å². The summed E-state index contributed by atoms with van der Waals surface area (Å²) in [5.74, 6) is 0.179. The summed E-state index contributed by atoms with van der Waals surface area (Å²) in [5, 5.41) is 3.23. The van der Waals surface area contributed by atoms with Gasteiger partial charge in [0.25, 0.3) is 5.91 Å². The van der Waals surface area contributed by atoms with Crippen LogP contribution < -0.4 is 10.1 Å². The first-order valence-corrected chi connectivity index (χ1v) is 9.93. The molecule has 1 N–H and O–H groups in total. The number of hydrogen-bond acceptors (Lipinski definition) is 6. The summed E-state index contributed by atoms with van der Waals surface area (Å²) in [6.45, 7) is 0.714. The molecule has 7 nitrogen and oxygen atoms in total. The third-order valence-electron chi connectivity index (χ3n) is 3.74. The number of nitrogens with one attached hydrogen (secondary N) is 1. The summed E-state index contributed by atoms with van der Waals surface area (Å²) in [6.07, 6.45) is 1.74. The molecule has 0 saturated carbocycles. The van der Waals surface area contributed by atoms with Crippen molar-refractivity contribution in [2.24, 2.45) is 0 Å². The number of benzene rings is 1. The second-order valence-electron chi connectivity index (χ2n) is 5.39. The summed E-state index contributed by atoms with van der Waals surface area (Å²) in [7, 11) is -1.72. The van der Waals surface area contributed by atoms with E-state index in [1.807, 2.05) is 0 Å². The Kier molecular flexibility index (Phi) is 4.57. The van der Waals surface area contributed by atoms with E-state index >= 15 is 0 Å². The molecular weight excluding hydrogens is 350 g/mol. The molecule has 0 aliphatic carbocycles. The van der Waals surface area contributed by atoms with Gasteiger partial charge in [0.15, 0.2) is 5.13 Å². The molecule has 1 aliphatic heterocycles. The van der Waals surface area contributed by atoms with Crippen LogP contribution in [0.25, 0.3) is 0 Å². The number of carbonyl (C=O) groups is 1. The number of amides is 1.